The zero-order chi connectivity index (χ0) is 15.7. The number of ether oxygens (including phenoxy) is 1. The van der Waals surface area contributed by atoms with Crippen LogP contribution in [0.3, 0.4) is 0 Å². The smallest absolute Gasteiger partial charge is 0.194 e. The van der Waals surface area contributed by atoms with E-state index in [1.165, 1.54) is 7.11 Å². The van der Waals surface area contributed by atoms with Crippen LogP contribution in [0.5, 0.6) is 5.75 Å². The number of benzene rings is 2. The van der Waals surface area contributed by atoms with E-state index in [9.17, 15) is 18.3 Å². The first-order valence-electron chi connectivity index (χ1n) is 6.32. The minimum absolute atomic E-state index is 0.0425. The number of aliphatic hydroxyl groups excluding tert-OH is 1. The lowest BCUT2D eigenvalue weighted by atomic mass is 9.95. The summed E-state index contributed by atoms with van der Waals surface area (Å²) in [6, 6.07) is 4.99. The van der Waals surface area contributed by atoms with Crippen LogP contribution < -0.4 is 4.74 Å². The first kappa shape index (κ1) is 15.4. The molecular weight excluding hydrogens is 281 g/mol. The van der Waals surface area contributed by atoms with Gasteiger partial charge in [-0.3, -0.25) is 0 Å². The largest absolute Gasteiger partial charge is 0.496 e. The third-order valence-corrected chi connectivity index (χ3v) is 3.40. The Balaban J connectivity index is 2.50. The number of aryl methyl sites for hydroxylation is 2. The molecule has 0 radical (unpaired) electrons. The van der Waals surface area contributed by atoms with Crippen LogP contribution in [0.2, 0.25) is 0 Å². The molecule has 0 aromatic heterocycles. The lowest BCUT2D eigenvalue weighted by Crippen LogP contribution is -2.06. The highest BCUT2D eigenvalue weighted by molar-refractivity contribution is 5.45. The zero-order valence-corrected chi connectivity index (χ0v) is 11.9. The van der Waals surface area contributed by atoms with E-state index in [0.717, 1.165) is 17.7 Å². The second-order valence-electron chi connectivity index (χ2n) is 4.88. The van der Waals surface area contributed by atoms with Gasteiger partial charge in [-0.1, -0.05) is 0 Å². The van der Waals surface area contributed by atoms with Crippen LogP contribution in [-0.4, -0.2) is 12.2 Å². The molecule has 2 aromatic rings. The maximum absolute atomic E-state index is 13.3. The van der Waals surface area contributed by atoms with Crippen molar-refractivity contribution in [2.75, 3.05) is 7.11 Å². The summed E-state index contributed by atoms with van der Waals surface area (Å²) >= 11 is 0. The van der Waals surface area contributed by atoms with Crippen molar-refractivity contribution in [3.05, 3.63) is 64.0 Å². The van der Waals surface area contributed by atoms with Crippen LogP contribution in [0.25, 0.3) is 0 Å². The quantitative estimate of drug-likeness (QED) is 0.873. The van der Waals surface area contributed by atoms with E-state index in [2.05, 4.69) is 0 Å². The Bertz CT molecular complexity index is 660. The highest BCUT2D eigenvalue weighted by atomic mass is 19.2. The lowest BCUT2D eigenvalue weighted by molar-refractivity contribution is 0.217. The van der Waals surface area contributed by atoms with Crippen LogP contribution >= 0.6 is 0 Å². The number of methoxy groups -OCH3 is 1. The molecule has 2 nitrogen and oxygen atoms in total. The minimum Gasteiger partial charge on any atom is -0.496 e. The summed E-state index contributed by atoms with van der Waals surface area (Å²) in [5.74, 6) is -3.55. The van der Waals surface area contributed by atoms with E-state index in [0.29, 0.717) is 16.9 Å². The summed E-state index contributed by atoms with van der Waals surface area (Å²) in [5.41, 5.74) is 1.92. The van der Waals surface area contributed by atoms with Gasteiger partial charge in [-0.2, -0.15) is 0 Å². The highest BCUT2D eigenvalue weighted by Crippen LogP contribution is 2.31. The van der Waals surface area contributed by atoms with Gasteiger partial charge in [0.15, 0.2) is 17.5 Å². The molecule has 0 aliphatic carbocycles. The van der Waals surface area contributed by atoms with Crippen molar-refractivity contribution in [3.8, 4) is 5.75 Å². The fraction of sp³-hybridized carbons (Fsp3) is 0.250. The van der Waals surface area contributed by atoms with E-state index in [1.54, 1.807) is 26.0 Å². The molecule has 5 heteroatoms. The number of halogens is 3. The van der Waals surface area contributed by atoms with Gasteiger partial charge in [0.25, 0.3) is 0 Å². The predicted molar refractivity (Wildman–Crippen MR) is 72.8 cm³/mol. The summed E-state index contributed by atoms with van der Waals surface area (Å²) in [6.45, 7) is 3.54. The third kappa shape index (κ3) is 2.88. The van der Waals surface area contributed by atoms with Crippen LogP contribution in [0.1, 0.15) is 28.4 Å². The van der Waals surface area contributed by atoms with E-state index in [4.69, 9.17) is 4.74 Å². The van der Waals surface area contributed by atoms with Crippen molar-refractivity contribution in [2.24, 2.45) is 0 Å². The second kappa shape index (κ2) is 5.77. The Morgan fingerprint density at radius 1 is 0.952 bits per heavy atom. The number of rotatable bonds is 3. The fourth-order valence-electron chi connectivity index (χ4n) is 2.24. The van der Waals surface area contributed by atoms with Crippen molar-refractivity contribution in [2.45, 2.75) is 20.0 Å². The molecule has 0 saturated heterocycles. The zero-order valence-electron chi connectivity index (χ0n) is 11.9. The maximum atomic E-state index is 13.3. The van der Waals surface area contributed by atoms with E-state index >= 15 is 0 Å². The first-order chi connectivity index (χ1) is 9.85. The monoisotopic (exact) mass is 296 g/mol. The third-order valence-electron chi connectivity index (χ3n) is 3.40. The average Bonchev–Trinajstić information content (AvgIpc) is 2.45. The van der Waals surface area contributed by atoms with Crippen LogP contribution in [0.4, 0.5) is 13.2 Å². The van der Waals surface area contributed by atoms with Gasteiger partial charge in [-0.15, -0.1) is 0 Å². The fourth-order valence-corrected chi connectivity index (χ4v) is 2.24. The Morgan fingerprint density at radius 2 is 1.52 bits per heavy atom. The molecule has 2 rings (SSSR count). The molecule has 0 amide bonds. The van der Waals surface area contributed by atoms with Crippen LogP contribution in [0, 0.1) is 31.3 Å². The summed E-state index contributed by atoms with van der Waals surface area (Å²) in [7, 11) is 1.53. The molecule has 0 heterocycles. The molecule has 1 atom stereocenters. The van der Waals surface area contributed by atoms with Crippen molar-refractivity contribution >= 4 is 0 Å². The van der Waals surface area contributed by atoms with E-state index < -0.39 is 23.6 Å². The second-order valence-corrected chi connectivity index (χ2v) is 4.88. The normalized spacial score (nSPS) is 12.3. The maximum Gasteiger partial charge on any atom is 0.194 e. The lowest BCUT2D eigenvalue weighted by Gasteiger charge is -2.17. The molecule has 0 aliphatic heterocycles. The standard InChI is InChI=1S/C16H15F3O2/c1-8-5-14(21-3)9(2)4-11(8)16(20)10-6-12(17)15(19)13(18)7-10/h4-7,16,20H,1-3H3. The molecule has 112 valence electrons. The molecule has 2 aromatic carbocycles. The molecule has 0 saturated carbocycles. The van der Waals surface area contributed by atoms with Gasteiger partial charge in [-0.05, 0) is 60.4 Å². The molecule has 21 heavy (non-hydrogen) atoms. The minimum atomic E-state index is -1.55. The molecular formula is C16H15F3O2. The topological polar surface area (TPSA) is 29.5 Å². The molecule has 0 bridgehead atoms. The van der Waals surface area contributed by atoms with Crippen LogP contribution in [0.15, 0.2) is 24.3 Å². The number of hydrogen-bond acceptors (Lipinski definition) is 2. The molecule has 1 N–H and O–H groups in total. The predicted octanol–water partition coefficient (Wildman–Crippen LogP) is 3.81. The van der Waals surface area contributed by atoms with Crippen molar-refractivity contribution < 1.29 is 23.0 Å². The summed E-state index contributed by atoms with van der Waals surface area (Å²) in [6.07, 6.45) is -1.25. The van der Waals surface area contributed by atoms with Gasteiger partial charge in [0.05, 0.1) is 7.11 Å². The molecule has 1 unspecified atom stereocenters. The number of hydrogen-bond donors (Lipinski definition) is 1. The van der Waals surface area contributed by atoms with E-state index in [1.807, 2.05) is 0 Å². The molecule has 0 fully saturated rings. The van der Waals surface area contributed by atoms with Crippen molar-refractivity contribution in [1.82, 2.24) is 0 Å². The Hall–Kier alpha value is -2.01. The Labute approximate surface area is 120 Å². The van der Waals surface area contributed by atoms with Gasteiger partial charge in [0.2, 0.25) is 0 Å². The van der Waals surface area contributed by atoms with E-state index in [-0.39, 0.29) is 5.56 Å². The van der Waals surface area contributed by atoms with Gasteiger partial charge in [-0.25, -0.2) is 13.2 Å². The Morgan fingerprint density at radius 3 is 2.05 bits per heavy atom. The molecule has 0 spiro atoms. The van der Waals surface area contributed by atoms with Crippen molar-refractivity contribution in [1.29, 1.82) is 0 Å². The first-order valence-corrected chi connectivity index (χ1v) is 6.32. The van der Waals surface area contributed by atoms with Crippen molar-refractivity contribution in [3.63, 3.8) is 0 Å². The Kier molecular flexibility index (Phi) is 4.23. The van der Waals surface area contributed by atoms with Gasteiger partial charge >= 0.3 is 0 Å². The summed E-state index contributed by atoms with van der Waals surface area (Å²) < 4.78 is 44.7. The SMILES string of the molecule is COc1cc(C)c(C(O)c2cc(F)c(F)c(F)c2)cc1C. The van der Waals surface area contributed by atoms with Gasteiger partial charge < -0.3 is 9.84 Å². The number of aliphatic hydroxyl groups is 1. The van der Waals surface area contributed by atoms with Gasteiger partial charge in [0.1, 0.15) is 11.9 Å². The van der Waals surface area contributed by atoms with Crippen LogP contribution in [-0.2, 0) is 0 Å². The van der Waals surface area contributed by atoms with Gasteiger partial charge in [0, 0.05) is 0 Å². The molecule has 0 aliphatic rings. The summed E-state index contributed by atoms with van der Waals surface area (Å²) in [5, 5.41) is 10.3. The highest BCUT2D eigenvalue weighted by Gasteiger charge is 2.19. The average molecular weight is 296 g/mol. The summed E-state index contributed by atoms with van der Waals surface area (Å²) in [4.78, 5) is 0.